The van der Waals surface area contributed by atoms with Crippen LogP contribution >= 0.6 is 0 Å². The Balaban J connectivity index is 1.72. The zero-order valence-electron chi connectivity index (χ0n) is 17.2. The number of guanidine groups is 1. The monoisotopic (exact) mass is 367 g/mol. The molecule has 2 rings (SSSR count). The molecular weight excluding hydrogens is 330 g/mol. The van der Waals surface area contributed by atoms with Crippen LogP contribution in [0.2, 0.25) is 0 Å². The van der Waals surface area contributed by atoms with Gasteiger partial charge in [-0.1, -0.05) is 6.42 Å². The number of hydrogen-bond donors (Lipinski definition) is 2. The quantitative estimate of drug-likeness (QED) is 0.588. The molecule has 2 aliphatic rings. The fourth-order valence-electron chi connectivity index (χ4n) is 3.68. The van der Waals surface area contributed by atoms with Gasteiger partial charge in [-0.3, -0.25) is 9.89 Å². The molecule has 0 saturated carbocycles. The molecule has 0 aliphatic carbocycles. The third-order valence-corrected chi connectivity index (χ3v) is 5.04. The molecule has 0 aromatic heterocycles. The first kappa shape index (κ1) is 20.8. The highest BCUT2D eigenvalue weighted by molar-refractivity contribution is 5.80. The Bertz CT molecular complexity index is 489. The summed E-state index contributed by atoms with van der Waals surface area (Å²) in [5.41, 5.74) is -0.467. The summed E-state index contributed by atoms with van der Waals surface area (Å²) in [4.78, 5) is 21.1. The van der Waals surface area contributed by atoms with Crippen LogP contribution in [-0.2, 0) is 4.74 Å². The number of hydrogen-bond acceptors (Lipinski definition) is 4. The van der Waals surface area contributed by atoms with Crippen LogP contribution in [0, 0.1) is 0 Å². The largest absolute Gasteiger partial charge is 0.444 e. The lowest BCUT2D eigenvalue weighted by Crippen LogP contribution is -2.47. The van der Waals surface area contributed by atoms with Crippen LogP contribution in [0.15, 0.2) is 4.99 Å². The van der Waals surface area contributed by atoms with Crippen LogP contribution in [-0.4, -0.2) is 79.3 Å². The SMILES string of the molecule is CN=C(NCCN1CCCCC1C)N1CCC(NC(=O)OC(C)(C)C)C1. The Hall–Kier alpha value is -1.50. The van der Waals surface area contributed by atoms with Gasteiger partial charge in [-0.25, -0.2) is 4.79 Å². The van der Waals surface area contributed by atoms with Gasteiger partial charge < -0.3 is 20.3 Å². The smallest absolute Gasteiger partial charge is 0.407 e. The van der Waals surface area contributed by atoms with Crippen LogP contribution < -0.4 is 10.6 Å². The Morgan fingerprint density at radius 1 is 1.23 bits per heavy atom. The van der Waals surface area contributed by atoms with Crippen molar-refractivity contribution < 1.29 is 9.53 Å². The van der Waals surface area contributed by atoms with Gasteiger partial charge in [0, 0.05) is 39.3 Å². The van der Waals surface area contributed by atoms with Crippen LogP contribution in [0.25, 0.3) is 0 Å². The average Bonchev–Trinajstić information content (AvgIpc) is 2.99. The summed E-state index contributed by atoms with van der Waals surface area (Å²) in [6, 6.07) is 0.785. The summed E-state index contributed by atoms with van der Waals surface area (Å²) in [7, 11) is 1.82. The number of carbonyl (C=O) groups excluding carboxylic acids is 1. The number of nitrogens with one attached hydrogen (secondary N) is 2. The van der Waals surface area contributed by atoms with Crippen molar-refractivity contribution in [2.75, 3.05) is 39.8 Å². The Morgan fingerprint density at radius 3 is 2.65 bits per heavy atom. The van der Waals surface area contributed by atoms with E-state index in [0.717, 1.165) is 38.6 Å². The zero-order chi connectivity index (χ0) is 19.2. The zero-order valence-corrected chi connectivity index (χ0v) is 17.2. The lowest BCUT2D eigenvalue weighted by molar-refractivity contribution is 0.0507. The molecule has 2 unspecified atom stereocenters. The second-order valence-corrected chi connectivity index (χ2v) is 8.43. The minimum atomic E-state index is -0.467. The maximum Gasteiger partial charge on any atom is 0.407 e. The van der Waals surface area contributed by atoms with Crippen molar-refractivity contribution in [1.82, 2.24) is 20.4 Å². The Morgan fingerprint density at radius 2 is 2.00 bits per heavy atom. The van der Waals surface area contributed by atoms with E-state index in [1.807, 2.05) is 27.8 Å². The summed E-state index contributed by atoms with van der Waals surface area (Å²) in [5, 5.41) is 6.45. The van der Waals surface area contributed by atoms with E-state index in [9.17, 15) is 4.79 Å². The maximum absolute atomic E-state index is 11.9. The first-order valence-electron chi connectivity index (χ1n) is 9.97. The molecule has 0 aromatic rings. The second-order valence-electron chi connectivity index (χ2n) is 8.43. The van der Waals surface area contributed by atoms with Gasteiger partial charge in [0.25, 0.3) is 0 Å². The number of piperidine rings is 1. The molecule has 0 aromatic carbocycles. The molecule has 1 amide bonds. The first-order valence-corrected chi connectivity index (χ1v) is 9.97. The minimum Gasteiger partial charge on any atom is -0.444 e. The van der Waals surface area contributed by atoms with Crippen molar-refractivity contribution in [3.63, 3.8) is 0 Å². The topological polar surface area (TPSA) is 69.2 Å². The first-order chi connectivity index (χ1) is 12.3. The molecular formula is C19H37N5O2. The number of amides is 1. The van der Waals surface area contributed by atoms with Crippen LogP contribution in [0.5, 0.6) is 0 Å². The highest BCUT2D eigenvalue weighted by Gasteiger charge is 2.28. The predicted molar refractivity (Wildman–Crippen MR) is 106 cm³/mol. The van der Waals surface area contributed by atoms with E-state index < -0.39 is 5.60 Å². The number of nitrogens with zero attached hydrogens (tertiary/aromatic N) is 3. The van der Waals surface area contributed by atoms with Crippen LogP contribution in [0.4, 0.5) is 4.79 Å². The van der Waals surface area contributed by atoms with Crippen LogP contribution in [0.3, 0.4) is 0 Å². The molecule has 0 radical (unpaired) electrons. The molecule has 2 aliphatic heterocycles. The van der Waals surface area contributed by atoms with Crippen molar-refractivity contribution in [3.8, 4) is 0 Å². The van der Waals surface area contributed by atoms with E-state index in [0.29, 0.717) is 6.04 Å². The van der Waals surface area contributed by atoms with E-state index in [-0.39, 0.29) is 12.1 Å². The molecule has 2 heterocycles. The predicted octanol–water partition coefficient (Wildman–Crippen LogP) is 2.04. The van der Waals surface area contributed by atoms with Crippen molar-refractivity contribution in [3.05, 3.63) is 0 Å². The van der Waals surface area contributed by atoms with Gasteiger partial charge in [-0.15, -0.1) is 0 Å². The van der Waals surface area contributed by atoms with E-state index >= 15 is 0 Å². The van der Waals surface area contributed by atoms with E-state index in [1.165, 1.54) is 25.8 Å². The van der Waals surface area contributed by atoms with Crippen LogP contribution in [0.1, 0.15) is 53.4 Å². The molecule has 150 valence electrons. The molecule has 0 bridgehead atoms. The standard InChI is InChI=1S/C19H37N5O2/c1-15-8-6-7-11-23(15)13-10-21-17(20-5)24-12-9-16(14-24)22-18(25)26-19(2,3)4/h15-16H,6-14H2,1-5H3,(H,20,21)(H,22,25). The summed E-state index contributed by atoms with van der Waals surface area (Å²) < 4.78 is 5.34. The highest BCUT2D eigenvalue weighted by Crippen LogP contribution is 2.15. The van der Waals surface area contributed by atoms with Gasteiger partial charge >= 0.3 is 6.09 Å². The normalized spacial score (nSPS) is 25.3. The number of aliphatic imine (C=N–C) groups is 1. The van der Waals surface area contributed by atoms with Gasteiger partial charge in [0.2, 0.25) is 0 Å². The third-order valence-electron chi connectivity index (χ3n) is 5.04. The molecule has 7 nitrogen and oxygen atoms in total. The lowest BCUT2D eigenvalue weighted by Gasteiger charge is -2.33. The van der Waals surface area contributed by atoms with Crippen molar-refractivity contribution in [1.29, 1.82) is 0 Å². The summed E-state index contributed by atoms with van der Waals surface area (Å²) in [5.74, 6) is 0.920. The third kappa shape index (κ3) is 6.67. The maximum atomic E-state index is 11.9. The summed E-state index contributed by atoms with van der Waals surface area (Å²) in [6.45, 7) is 12.8. The van der Waals surface area contributed by atoms with Gasteiger partial charge in [0.1, 0.15) is 5.60 Å². The van der Waals surface area contributed by atoms with E-state index in [1.54, 1.807) is 0 Å². The van der Waals surface area contributed by atoms with Gasteiger partial charge in [-0.05, 0) is 53.5 Å². The molecule has 2 atom stereocenters. The molecule has 7 heteroatoms. The number of carbonyl (C=O) groups is 1. The second kappa shape index (κ2) is 9.44. The van der Waals surface area contributed by atoms with E-state index in [2.05, 4.69) is 32.3 Å². The Kier molecular flexibility index (Phi) is 7.55. The van der Waals surface area contributed by atoms with Crippen molar-refractivity contribution in [2.24, 2.45) is 4.99 Å². The van der Waals surface area contributed by atoms with Gasteiger partial charge in [0.05, 0.1) is 6.04 Å². The molecule has 26 heavy (non-hydrogen) atoms. The number of likely N-dealkylation sites (tertiary alicyclic amines) is 2. The highest BCUT2D eigenvalue weighted by atomic mass is 16.6. The number of ether oxygens (including phenoxy) is 1. The fraction of sp³-hybridized carbons (Fsp3) is 0.895. The van der Waals surface area contributed by atoms with Crippen molar-refractivity contribution >= 4 is 12.1 Å². The molecule has 2 saturated heterocycles. The summed E-state index contributed by atoms with van der Waals surface area (Å²) in [6.07, 6.45) is 4.53. The lowest BCUT2D eigenvalue weighted by atomic mass is 10.0. The van der Waals surface area contributed by atoms with Gasteiger partial charge in [0.15, 0.2) is 5.96 Å². The number of rotatable bonds is 4. The minimum absolute atomic E-state index is 0.102. The van der Waals surface area contributed by atoms with Gasteiger partial charge in [-0.2, -0.15) is 0 Å². The van der Waals surface area contributed by atoms with Crippen molar-refractivity contribution in [2.45, 2.75) is 71.1 Å². The fourth-order valence-corrected chi connectivity index (χ4v) is 3.68. The average molecular weight is 368 g/mol. The molecule has 2 N–H and O–H groups in total. The molecule has 0 spiro atoms. The Labute approximate surface area is 158 Å². The number of alkyl carbamates (subject to hydrolysis) is 1. The molecule has 2 fully saturated rings. The summed E-state index contributed by atoms with van der Waals surface area (Å²) >= 11 is 0. The van der Waals surface area contributed by atoms with E-state index in [4.69, 9.17) is 4.74 Å².